The van der Waals surface area contributed by atoms with E-state index in [1.54, 1.807) is 0 Å². The molecule has 3 nitrogen and oxygen atoms in total. The molecule has 0 N–H and O–H groups in total. The predicted molar refractivity (Wildman–Crippen MR) is 88.2 cm³/mol. The van der Waals surface area contributed by atoms with E-state index in [2.05, 4.69) is 20.9 Å². The van der Waals surface area contributed by atoms with Gasteiger partial charge in [-0.3, -0.25) is 4.90 Å². The van der Waals surface area contributed by atoms with Crippen LogP contribution in [0.5, 0.6) is 0 Å². The Kier molecular flexibility index (Phi) is 4.63. The lowest BCUT2D eigenvalue weighted by Crippen LogP contribution is -2.46. The third-order valence-electron chi connectivity index (χ3n) is 3.76. The largest absolute Gasteiger partial charge is 0.368 e. The van der Waals surface area contributed by atoms with E-state index in [1.807, 2.05) is 36.5 Å². The minimum absolute atomic E-state index is 0.544. The van der Waals surface area contributed by atoms with Crippen molar-refractivity contribution in [3.8, 4) is 0 Å². The second kappa shape index (κ2) is 6.65. The Balaban J connectivity index is 1.58. The van der Waals surface area contributed by atoms with Crippen molar-refractivity contribution in [3.05, 3.63) is 58.3 Å². The molecule has 0 radical (unpaired) electrons. The standard InChI is InChI=1S/C16H17Cl2N3/c17-14-3-1-2-4-15(14)21-9-7-20(8-10-21)12-13-5-6-16(18)19-11-13/h1-6,11H,7-10,12H2. The summed E-state index contributed by atoms with van der Waals surface area (Å²) in [7, 11) is 0. The summed E-state index contributed by atoms with van der Waals surface area (Å²) in [6.45, 7) is 4.94. The molecule has 1 aromatic heterocycles. The third kappa shape index (κ3) is 3.67. The monoisotopic (exact) mass is 321 g/mol. The lowest BCUT2D eigenvalue weighted by molar-refractivity contribution is 0.249. The van der Waals surface area contributed by atoms with E-state index in [1.165, 1.54) is 5.56 Å². The number of anilines is 1. The molecule has 0 bridgehead atoms. The first kappa shape index (κ1) is 14.6. The van der Waals surface area contributed by atoms with Crippen LogP contribution < -0.4 is 4.90 Å². The maximum atomic E-state index is 6.26. The predicted octanol–water partition coefficient (Wildman–Crippen LogP) is 3.71. The topological polar surface area (TPSA) is 19.4 Å². The van der Waals surface area contributed by atoms with Crippen LogP contribution in [0.25, 0.3) is 0 Å². The van der Waals surface area contributed by atoms with Crippen molar-refractivity contribution in [1.29, 1.82) is 0 Å². The second-order valence-corrected chi connectivity index (χ2v) is 6.00. The Morgan fingerprint density at radius 2 is 1.71 bits per heavy atom. The van der Waals surface area contributed by atoms with Gasteiger partial charge in [0.2, 0.25) is 0 Å². The number of piperazine rings is 1. The molecule has 1 fully saturated rings. The zero-order chi connectivity index (χ0) is 14.7. The number of pyridine rings is 1. The van der Waals surface area contributed by atoms with Crippen LogP contribution in [0.1, 0.15) is 5.56 Å². The molecule has 0 aliphatic carbocycles. The maximum absolute atomic E-state index is 6.26. The summed E-state index contributed by atoms with van der Waals surface area (Å²) in [5, 5.41) is 1.37. The first-order valence-corrected chi connectivity index (χ1v) is 7.80. The number of hydrogen-bond acceptors (Lipinski definition) is 3. The van der Waals surface area contributed by atoms with Crippen molar-refractivity contribution in [2.75, 3.05) is 31.1 Å². The molecule has 21 heavy (non-hydrogen) atoms. The first-order chi connectivity index (χ1) is 10.2. The molecule has 1 aromatic carbocycles. The molecule has 0 atom stereocenters. The first-order valence-electron chi connectivity index (χ1n) is 7.04. The van der Waals surface area contributed by atoms with E-state index < -0.39 is 0 Å². The van der Waals surface area contributed by atoms with Gasteiger partial charge in [0.05, 0.1) is 10.7 Å². The molecule has 0 saturated carbocycles. The van der Waals surface area contributed by atoms with Crippen LogP contribution in [0.2, 0.25) is 10.2 Å². The molecule has 2 heterocycles. The quantitative estimate of drug-likeness (QED) is 0.803. The SMILES string of the molecule is Clc1ccc(CN2CCN(c3ccccc3Cl)CC2)cn1. The lowest BCUT2D eigenvalue weighted by Gasteiger charge is -2.36. The van der Waals surface area contributed by atoms with E-state index in [4.69, 9.17) is 23.2 Å². The smallest absolute Gasteiger partial charge is 0.129 e. The van der Waals surface area contributed by atoms with E-state index in [-0.39, 0.29) is 0 Å². The molecule has 0 spiro atoms. The summed E-state index contributed by atoms with van der Waals surface area (Å²) in [5.74, 6) is 0. The van der Waals surface area contributed by atoms with Gasteiger partial charge in [0, 0.05) is 38.9 Å². The summed E-state index contributed by atoms with van der Waals surface area (Å²) in [6.07, 6.45) is 1.85. The van der Waals surface area contributed by atoms with Crippen LogP contribution in [-0.4, -0.2) is 36.1 Å². The van der Waals surface area contributed by atoms with Crippen molar-refractivity contribution >= 4 is 28.9 Å². The average Bonchev–Trinajstić information content (AvgIpc) is 2.51. The number of para-hydroxylation sites is 1. The van der Waals surface area contributed by atoms with E-state index in [0.717, 1.165) is 43.4 Å². The van der Waals surface area contributed by atoms with Crippen molar-refractivity contribution < 1.29 is 0 Å². The minimum Gasteiger partial charge on any atom is -0.368 e. The van der Waals surface area contributed by atoms with Crippen molar-refractivity contribution in [2.45, 2.75) is 6.54 Å². The number of halogens is 2. The zero-order valence-corrected chi connectivity index (χ0v) is 13.2. The molecule has 3 rings (SSSR count). The summed E-state index contributed by atoms with van der Waals surface area (Å²) in [4.78, 5) is 8.90. The van der Waals surface area contributed by atoms with Gasteiger partial charge in [0.15, 0.2) is 0 Å². The van der Waals surface area contributed by atoms with Gasteiger partial charge in [-0.25, -0.2) is 4.98 Å². The van der Waals surface area contributed by atoms with Gasteiger partial charge >= 0.3 is 0 Å². The average molecular weight is 322 g/mol. The van der Waals surface area contributed by atoms with Gasteiger partial charge in [-0.15, -0.1) is 0 Å². The Labute approximate surface area is 135 Å². The fourth-order valence-electron chi connectivity index (χ4n) is 2.61. The van der Waals surface area contributed by atoms with Gasteiger partial charge in [-0.1, -0.05) is 41.4 Å². The number of nitrogens with zero attached hydrogens (tertiary/aromatic N) is 3. The Morgan fingerprint density at radius 1 is 0.952 bits per heavy atom. The molecular formula is C16H17Cl2N3. The summed E-state index contributed by atoms with van der Waals surface area (Å²) in [6, 6.07) is 11.9. The minimum atomic E-state index is 0.544. The fourth-order valence-corrected chi connectivity index (χ4v) is 2.98. The molecule has 1 aliphatic heterocycles. The van der Waals surface area contributed by atoms with E-state index in [9.17, 15) is 0 Å². The highest BCUT2D eigenvalue weighted by Gasteiger charge is 2.18. The molecule has 1 saturated heterocycles. The molecule has 0 unspecified atom stereocenters. The highest BCUT2D eigenvalue weighted by atomic mass is 35.5. The Bertz CT molecular complexity index is 593. The highest BCUT2D eigenvalue weighted by molar-refractivity contribution is 6.33. The molecule has 5 heteroatoms. The molecule has 0 amide bonds. The lowest BCUT2D eigenvalue weighted by atomic mass is 10.2. The number of benzene rings is 1. The highest BCUT2D eigenvalue weighted by Crippen LogP contribution is 2.26. The van der Waals surface area contributed by atoms with Gasteiger partial charge < -0.3 is 4.90 Å². The van der Waals surface area contributed by atoms with Gasteiger partial charge in [-0.2, -0.15) is 0 Å². The number of aromatic nitrogens is 1. The van der Waals surface area contributed by atoms with Crippen LogP contribution in [0.4, 0.5) is 5.69 Å². The van der Waals surface area contributed by atoms with Crippen molar-refractivity contribution in [1.82, 2.24) is 9.88 Å². The maximum Gasteiger partial charge on any atom is 0.129 e. The van der Waals surface area contributed by atoms with Crippen LogP contribution >= 0.6 is 23.2 Å². The van der Waals surface area contributed by atoms with Gasteiger partial charge in [0.25, 0.3) is 0 Å². The van der Waals surface area contributed by atoms with Crippen LogP contribution in [-0.2, 0) is 6.54 Å². The number of rotatable bonds is 3. The Morgan fingerprint density at radius 3 is 2.38 bits per heavy atom. The Hall–Kier alpha value is -1.29. The summed E-state index contributed by atoms with van der Waals surface area (Å²) >= 11 is 12.1. The van der Waals surface area contributed by atoms with Crippen LogP contribution in [0.3, 0.4) is 0 Å². The van der Waals surface area contributed by atoms with Crippen molar-refractivity contribution in [2.24, 2.45) is 0 Å². The number of hydrogen-bond donors (Lipinski definition) is 0. The normalized spacial score (nSPS) is 16.2. The van der Waals surface area contributed by atoms with Crippen molar-refractivity contribution in [3.63, 3.8) is 0 Å². The van der Waals surface area contributed by atoms with E-state index >= 15 is 0 Å². The summed E-state index contributed by atoms with van der Waals surface area (Å²) < 4.78 is 0. The molecule has 110 valence electrons. The van der Waals surface area contributed by atoms with Gasteiger partial charge in [-0.05, 0) is 23.8 Å². The summed E-state index contributed by atoms with van der Waals surface area (Å²) in [5.41, 5.74) is 2.33. The third-order valence-corrected chi connectivity index (χ3v) is 4.30. The molecule has 1 aliphatic rings. The molecular weight excluding hydrogens is 305 g/mol. The van der Waals surface area contributed by atoms with Crippen LogP contribution in [0.15, 0.2) is 42.6 Å². The van der Waals surface area contributed by atoms with Crippen LogP contribution in [0, 0.1) is 0 Å². The zero-order valence-electron chi connectivity index (χ0n) is 11.7. The van der Waals surface area contributed by atoms with Gasteiger partial charge in [0.1, 0.15) is 5.15 Å². The van der Waals surface area contributed by atoms with E-state index in [0.29, 0.717) is 5.15 Å². The second-order valence-electron chi connectivity index (χ2n) is 5.20. The fraction of sp³-hybridized carbons (Fsp3) is 0.312. The molecule has 2 aromatic rings.